The first kappa shape index (κ1) is 15.0. The molecule has 23 heavy (non-hydrogen) atoms. The second-order valence-corrected chi connectivity index (χ2v) is 5.19. The molecule has 0 saturated heterocycles. The van der Waals surface area contributed by atoms with Crippen LogP contribution in [-0.4, -0.2) is 19.3 Å². The lowest BCUT2D eigenvalue weighted by Gasteiger charge is -2.05. The Balaban J connectivity index is 1.86. The van der Waals surface area contributed by atoms with Gasteiger partial charge in [-0.2, -0.15) is 0 Å². The van der Waals surface area contributed by atoms with E-state index in [0.29, 0.717) is 12.1 Å². The molecule has 114 valence electrons. The van der Waals surface area contributed by atoms with Gasteiger partial charge in [-0.3, -0.25) is 4.99 Å². The van der Waals surface area contributed by atoms with Gasteiger partial charge in [-0.25, -0.2) is 4.79 Å². The molecule has 0 spiro atoms. The van der Waals surface area contributed by atoms with Crippen molar-refractivity contribution in [3.63, 3.8) is 0 Å². The van der Waals surface area contributed by atoms with Crippen LogP contribution in [0.4, 0.5) is 0 Å². The number of aliphatic imine (C=N–C) groups is 1. The van der Waals surface area contributed by atoms with E-state index in [0.717, 1.165) is 11.1 Å². The fourth-order valence-corrected chi connectivity index (χ4v) is 2.58. The summed E-state index contributed by atoms with van der Waals surface area (Å²) >= 11 is 0. The Morgan fingerprint density at radius 3 is 2.61 bits per heavy atom. The number of carbonyl (C=O) groups is 1. The Morgan fingerprint density at radius 1 is 1.00 bits per heavy atom. The molecule has 0 radical (unpaired) electrons. The number of methoxy groups -OCH3 is 1. The van der Waals surface area contributed by atoms with Crippen molar-refractivity contribution in [2.75, 3.05) is 7.11 Å². The minimum Gasteiger partial charge on any atom is -0.465 e. The van der Waals surface area contributed by atoms with Gasteiger partial charge in [0.05, 0.1) is 19.2 Å². The van der Waals surface area contributed by atoms with E-state index < -0.39 is 0 Å². The highest BCUT2D eigenvalue weighted by Gasteiger charge is 2.08. The number of rotatable bonds is 4. The number of nitrogens with zero attached hydrogens (tertiary/aromatic N) is 1. The third-order valence-electron chi connectivity index (χ3n) is 3.74. The van der Waals surface area contributed by atoms with Gasteiger partial charge in [0, 0.05) is 11.8 Å². The van der Waals surface area contributed by atoms with Crippen molar-refractivity contribution >= 4 is 23.0 Å². The minimum absolute atomic E-state index is 0.350. The van der Waals surface area contributed by atoms with E-state index in [2.05, 4.69) is 29.3 Å². The van der Waals surface area contributed by atoms with Crippen LogP contribution in [0.1, 0.15) is 21.5 Å². The molecule has 0 fully saturated rings. The molecular formula is C20H17NO2. The Labute approximate surface area is 135 Å². The maximum absolute atomic E-state index is 11.8. The Kier molecular flexibility index (Phi) is 4.48. The third-order valence-corrected chi connectivity index (χ3v) is 3.74. The van der Waals surface area contributed by atoms with E-state index in [9.17, 15) is 4.79 Å². The van der Waals surface area contributed by atoms with Crippen LogP contribution in [0.15, 0.2) is 71.7 Å². The second kappa shape index (κ2) is 6.88. The van der Waals surface area contributed by atoms with Crippen LogP contribution in [-0.2, 0) is 11.3 Å². The molecule has 3 heteroatoms. The monoisotopic (exact) mass is 303 g/mol. The summed E-state index contributed by atoms with van der Waals surface area (Å²) in [6.07, 6.45) is 1.73. The van der Waals surface area contributed by atoms with Crippen LogP contribution in [0.3, 0.4) is 0 Å². The molecule has 0 bridgehead atoms. The highest BCUT2D eigenvalue weighted by atomic mass is 16.5. The molecular weight excluding hydrogens is 286 g/mol. The Bertz CT molecular complexity index is 863. The first-order chi connectivity index (χ1) is 11.3. The van der Waals surface area contributed by atoms with Crippen molar-refractivity contribution in [2.45, 2.75) is 6.54 Å². The lowest BCUT2D eigenvalue weighted by Crippen LogP contribution is -2.05. The average Bonchev–Trinajstić information content (AvgIpc) is 2.61. The Hall–Kier alpha value is -2.94. The highest BCUT2D eigenvalue weighted by molar-refractivity contribution is 5.99. The molecule has 0 aliphatic rings. The number of fused-ring (bicyclic) bond motifs is 1. The minimum atomic E-state index is -0.350. The summed E-state index contributed by atoms with van der Waals surface area (Å²) in [5.74, 6) is -0.350. The first-order valence-corrected chi connectivity index (χ1v) is 7.43. The van der Waals surface area contributed by atoms with E-state index in [-0.39, 0.29) is 5.97 Å². The van der Waals surface area contributed by atoms with Gasteiger partial charge in [-0.1, -0.05) is 60.7 Å². The number of hydrogen-bond donors (Lipinski definition) is 0. The van der Waals surface area contributed by atoms with Gasteiger partial charge in [0.25, 0.3) is 0 Å². The lowest BCUT2D eigenvalue weighted by atomic mass is 10.0. The summed E-state index contributed by atoms with van der Waals surface area (Å²) in [5, 5.41) is 2.41. The molecule has 0 saturated carbocycles. The summed E-state index contributed by atoms with van der Waals surface area (Å²) < 4.78 is 4.80. The summed E-state index contributed by atoms with van der Waals surface area (Å²) in [5.41, 5.74) is 2.45. The highest BCUT2D eigenvalue weighted by Crippen LogP contribution is 2.19. The van der Waals surface area contributed by atoms with Crippen LogP contribution >= 0.6 is 0 Å². The van der Waals surface area contributed by atoms with Crippen LogP contribution in [0.25, 0.3) is 10.8 Å². The standard InChI is InChI=1S/C20H17NO2/c1-23-20(22)19-12-5-3-8-17(19)14-21-13-16-10-6-9-15-7-2-4-11-18(15)16/h2-12,14H,13H2,1H3. The van der Waals surface area contributed by atoms with Gasteiger partial charge < -0.3 is 4.74 Å². The molecule has 0 N–H and O–H groups in total. The number of hydrogen-bond acceptors (Lipinski definition) is 3. The third kappa shape index (κ3) is 3.29. The lowest BCUT2D eigenvalue weighted by molar-refractivity contribution is 0.0600. The maximum Gasteiger partial charge on any atom is 0.338 e. The number of benzene rings is 3. The van der Waals surface area contributed by atoms with Gasteiger partial charge in [0.2, 0.25) is 0 Å². The summed E-state index contributed by atoms with van der Waals surface area (Å²) in [4.78, 5) is 16.3. The predicted molar refractivity (Wildman–Crippen MR) is 93.0 cm³/mol. The van der Waals surface area contributed by atoms with E-state index in [4.69, 9.17) is 4.74 Å². The SMILES string of the molecule is COC(=O)c1ccccc1C=NCc1cccc2ccccc12. The Morgan fingerprint density at radius 2 is 1.74 bits per heavy atom. The molecule has 3 rings (SSSR count). The molecule has 0 amide bonds. The molecule has 0 atom stereocenters. The normalized spacial score (nSPS) is 11.0. The van der Waals surface area contributed by atoms with Crippen molar-refractivity contribution in [1.29, 1.82) is 0 Å². The zero-order valence-corrected chi connectivity index (χ0v) is 12.9. The van der Waals surface area contributed by atoms with Gasteiger partial charge >= 0.3 is 5.97 Å². The topological polar surface area (TPSA) is 38.7 Å². The summed E-state index contributed by atoms with van der Waals surface area (Å²) in [6, 6.07) is 21.8. The van der Waals surface area contributed by atoms with Crippen molar-refractivity contribution < 1.29 is 9.53 Å². The van der Waals surface area contributed by atoms with E-state index in [1.165, 1.54) is 17.9 Å². The largest absolute Gasteiger partial charge is 0.465 e. The van der Waals surface area contributed by atoms with E-state index >= 15 is 0 Å². The first-order valence-electron chi connectivity index (χ1n) is 7.43. The van der Waals surface area contributed by atoms with Crippen LogP contribution in [0.2, 0.25) is 0 Å². The van der Waals surface area contributed by atoms with Gasteiger partial charge in [0.1, 0.15) is 0 Å². The maximum atomic E-state index is 11.8. The fourth-order valence-electron chi connectivity index (χ4n) is 2.58. The number of esters is 1. The van der Waals surface area contributed by atoms with Crippen molar-refractivity contribution in [1.82, 2.24) is 0 Å². The van der Waals surface area contributed by atoms with Crippen molar-refractivity contribution in [3.8, 4) is 0 Å². The average molecular weight is 303 g/mol. The van der Waals surface area contributed by atoms with Crippen molar-refractivity contribution in [3.05, 3.63) is 83.4 Å². The molecule has 3 aromatic rings. The number of ether oxygens (including phenoxy) is 1. The molecule has 3 aromatic carbocycles. The summed E-state index contributed by atoms with van der Waals surface area (Å²) in [7, 11) is 1.38. The zero-order valence-electron chi connectivity index (χ0n) is 12.9. The zero-order chi connectivity index (χ0) is 16.1. The van der Waals surface area contributed by atoms with E-state index in [1.807, 2.05) is 36.4 Å². The van der Waals surface area contributed by atoms with E-state index in [1.54, 1.807) is 12.3 Å². The fraction of sp³-hybridized carbons (Fsp3) is 0.100. The molecule has 0 aliphatic carbocycles. The second-order valence-electron chi connectivity index (χ2n) is 5.19. The van der Waals surface area contributed by atoms with Crippen LogP contribution in [0, 0.1) is 0 Å². The smallest absolute Gasteiger partial charge is 0.338 e. The molecule has 0 unspecified atom stereocenters. The molecule has 3 nitrogen and oxygen atoms in total. The number of carbonyl (C=O) groups excluding carboxylic acids is 1. The molecule has 0 aliphatic heterocycles. The van der Waals surface area contributed by atoms with Crippen LogP contribution < -0.4 is 0 Å². The van der Waals surface area contributed by atoms with Gasteiger partial charge in [-0.05, 0) is 22.4 Å². The molecule has 0 aromatic heterocycles. The quantitative estimate of drug-likeness (QED) is 0.534. The molecule has 0 heterocycles. The van der Waals surface area contributed by atoms with Crippen molar-refractivity contribution in [2.24, 2.45) is 4.99 Å². The van der Waals surface area contributed by atoms with Gasteiger partial charge in [0.15, 0.2) is 0 Å². The summed E-state index contributed by atoms with van der Waals surface area (Å²) in [6.45, 7) is 0.566. The van der Waals surface area contributed by atoms with Crippen LogP contribution in [0.5, 0.6) is 0 Å². The van der Waals surface area contributed by atoms with Gasteiger partial charge in [-0.15, -0.1) is 0 Å². The predicted octanol–water partition coefficient (Wildman–Crippen LogP) is 4.25.